The molecule has 0 radical (unpaired) electrons. The first-order chi connectivity index (χ1) is 11.7. The van der Waals surface area contributed by atoms with Crippen molar-refractivity contribution < 1.29 is 14.3 Å². The van der Waals surface area contributed by atoms with Crippen molar-refractivity contribution in [2.24, 2.45) is 0 Å². The molecule has 2 aromatic rings. The largest absolute Gasteiger partial charge is 0.465 e. The third-order valence-corrected chi connectivity index (χ3v) is 5.65. The standard InChI is InChI=1S/C16H15N3O3S2/c1-2-22-16(21)10-7-18-8-12-13(10)9(6-17)15(24-12)19-14(20)11-4-3-5-23-11/h3-5,10,18H,2,7-8H2,1H3,(H,19,20). The molecule has 3 rings (SSSR count). The number of amides is 1. The number of thiophene rings is 2. The summed E-state index contributed by atoms with van der Waals surface area (Å²) < 4.78 is 5.12. The first-order valence-corrected chi connectivity index (χ1v) is 9.13. The molecule has 8 heteroatoms. The van der Waals surface area contributed by atoms with Crippen LogP contribution in [0.5, 0.6) is 0 Å². The molecule has 0 saturated heterocycles. The summed E-state index contributed by atoms with van der Waals surface area (Å²) in [5, 5.41) is 17.8. The predicted octanol–water partition coefficient (Wildman–Crippen LogP) is 2.68. The summed E-state index contributed by atoms with van der Waals surface area (Å²) >= 11 is 2.67. The summed E-state index contributed by atoms with van der Waals surface area (Å²) in [6.07, 6.45) is 0. The van der Waals surface area contributed by atoms with E-state index < -0.39 is 5.92 Å². The molecule has 24 heavy (non-hydrogen) atoms. The zero-order valence-corrected chi connectivity index (χ0v) is 14.6. The molecule has 0 aliphatic carbocycles. The van der Waals surface area contributed by atoms with Crippen LogP contribution in [0.4, 0.5) is 5.00 Å². The fourth-order valence-electron chi connectivity index (χ4n) is 2.64. The van der Waals surface area contributed by atoms with Crippen LogP contribution in [0.3, 0.4) is 0 Å². The SMILES string of the molecule is CCOC(=O)C1CNCc2sc(NC(=O)c3cccs3)c(C#N)c21. The van der Waals surface area contributed by atoms with Crippen molar-refractivity contribution in [3.63, 3.8) is 0 Å². The maximum absolute atomic E-state index is 12.3. The maximum Gasteiger partial charge on any atom is 0.314 e. The van der Waals surface area contributed by atoms with Gasteiger partial charge in [0.15, 0.2) is 0 Å². The number of nitrogens with one attached hydrogen (secondary N) is 2. The molecular formula is C16H15N3O3S2. The van der Waals surface area contributed by atoms with Gasteiger partial charge >= 0.3 is 5.97 Å². The van der Waals surface area contributed by atoms with Crippen molar-refractivity contribution in [1.82, 2.24) is 5.32 Å². The summed E-state index contributed by atoms with van der Waals surface area (Å²) in [5.74, 6) is -1.12. The van der Waals surface area contributed by atoms with Gasteiger partial charge in [-0.05, 0) is 18.4 Å². The van der Waals surface area contributed by atoms with Crippen LogP contribution in [0.1, 0.15) is 38.5 Å². The molecule has 2 N–H and O–H groups in total. The fraction of sp³-hybridized carbons (Fsp3) is 0.312. The quantitative estimate of drug-likeness (QED) is 0.817. The third kappa shape index (κ3) is 3.06. The minimum Gasteiger partial charge on any atom is -0.465 e. The average Bonchev–Trinajstić information content (AvgIpc) is 3.22. The molecule has 0 fully saturated rings. The molecule has 1 unspecified atom stereocenters. The van der Waals surface area contributed by atoms with Gasteiger partial charge < -0.3 is 15.4 Å². The van der Waals surface area contributed by atoms with Gasteiger partial charge in [0.25, 0.3) is 5.91 Å². The number of hydrogen-bond donors (Lipinski definition) is 2. The summed E-state index contributed by atoms with van der Waals surface area (Å²) in [7, 11) is 0. The number of carbonyl (C=O) groups is 2. The lowest BCUT2D eigenvalue weighted by Crippen LogP contribution is -2.33. The van der Waals surface area contributed by atoms with Gasteiger partial charge in [-0.3, -0.25) is 9.59 Å². The lowest BCUT2D eigenvalue weighted by molar-refractivity contribution is -0.145. The molecule has 0 spiro atoms. The van der Waals surface area contributed by atoms with Gasteiger partial charge in [-0.15, -0.1) is 22.7 Å². The minimum atomic E-state index is -0.521. The number of esters is 1. The highest BCUT2D eigenvalue weighted by molar-refractivity contribution is 7.17. The summed E-state index contributed by atoms with van der Waals surface area (Å²) in [4.78, 5) is 25.9. The van der Waals surface area contributed by atoms with Crippen molar-refractivity contribution >= 4 is 39.6 Å². The fourth-order valence-corrected chi connectivity index (χ4v) is 4.43. The van der Waals surface area contributed by atoms with E-state index in [0.29, 0.717) is 40.7 Å². The Bertz CT molecular complexity index is 805. The number of nitrogens with zero attached hydrogens (tertiary/aromatic N) is 1. The summed E-state index contributed by atoms with van der Waals surface area (Å²) in [6, 6.07) is 5.67. The van der Waals surface area contributed by atoms with Crippen molar-refractivity contribution in [3.8, 4) is 6.07 Å². The molecule has 0 saturated carbocycles. The van der Waals surface area contributed by atoms with Gasteiger partial charge in [-0.1, -0.05) is 6.07 Å². The van der Waals surface area contributed by atoms with Crippen LogP contribution in [-0.2, 0) is 16.1 Å². The molecule has 0 aromatic carbocycles. The van der Waals surface area contributed by atoms with E-state index in [9.17, 15) is 14.9 Å². The number of fused-ring (bicyclic) bond motifs is 1. The maximum atomic E-state index is 12.3. The van der Waals surface area contributed by atoms with Gasteiger partial charge in [-0.2, -0.15) is 5.26 Å². The van der Waals surface area contributed by atoms with Crippen LogP contribution in [0.2, 0.25) is 0 Å². The lowest BCUT2D eigenvalue weighted by atomic mass is 9.93. The van der Waals surface area contributed by atoms with Crippen LogP contribution < -0.4 is 10.6 Å². The van der Waals surface area contributed by atoms with E-state index in [1.807, 2.05) is 5.38 Å². The number of anilines is 1. The summed E-state index contributed by atoms with van der Waals surface area (Å²) in [6.45, 7) is 3.04. The Morgan fingerprint density at radius 2 is 2.38 bits per heavy atom. The predicted molar refractivity (Wildman–Crippen MR) is 92.4 cm³/mol. The van der Waals surface area contributed by atoms with Crippen molar-refractivity contribution in [1.29, 1.82) is 5.26 Å². The molecule has 0 bridgehead atoms. The summed E-state index contributed by atoms with van der Waals surface area (Å²) in [5.41, 5.74) is 1.04. The highest BCUT2D eigenvalue weighted by atomic mass is 32.1. The topological polar surface area (TPSA) is 91.2 Å². The Hall–Kier alpha value is -2.21. The van der Waals surface area contributed by atoms with E-state index in [2.05, 4.69) is 16.7 Å². The third-order valence-electron chi connectivity index (χ3n) is 3.66. The number of rotatable bonds is 4. The second kappa shape index (κ2) is 7.13. The van der Waals surface area contributed by atoms with Crippen molar-refractivity contribution in [3.05, 3.63) is 38.4 Å². The Labute approximate surface area is 147 Å². The molecule has 3 heterocycles. The minimum absolute atomic E-state index is 0.249. The van der Waals surface area contributed by atoms with Crippen LogP contribution in [-0.4, -0.2) is 25.0 Å². The lowest BCUT2D eigenvalue weighted by Gasteiger charge is -2.22. The van der Waals surface area contributed by atoms with Gasteiger partial charge in [0.05, 0.1) is 23.0 Å². The molecular weight excluding hydrogens is 346 g/mol. The molecule has 1 atom stereocenters. The Morgan fingerprint density at radius 3 is 3.04 bits per heavy atom. The molecule has 124 valence electrons. The molecule has 1 amide bonds. The number of nitriles is 1. The van der Waals surface area contributed by atoms with Crippen LogP contribution >= 0.6 is 22.7 Å². The van der Waals surface area contributed by atoms with E-state index in [1.165, 1.54) is 22.7 Å². The van der Waals surface area contributed by atoms with Gasteiger partial charge in [0, 0.05) is 23.5 Å². The van der Waals surface area contributed by atoms with Gasteiger partial charge in [0.2, 0.25) is 0 Å². The molecule has 2 aromatic heterocycles. The molecule has 6 nitrogen and oxygen atoms in total. The van der Waals surface area contributed by atoms with E-state index >= 15 is 0 Å². The Morgan fingerprint density at radius 1 is 1.54 bits per heavy atom. The van der Waals surface area contributed by atoms with Crippen molar-refractivity contribution in [2.45, 2.75) is 19.4 Å². The van der Waals surface area contributed by atoms with Crippen LogP contribution in [0.25, 0.3) is 0 Å². The Balaban J connectivity index is 1.94. The second-order valence-electron chi connectivity index (χ2n) is 5.12. The van der Waals surface area contributed by atoms with E-state index in [-0.39, 0.29) is 11.9 Å². The second-order valence-corrected chi connectivity index (χ2v) is 7.17. The number of carbonyl (C=O) groups excluding carboxylic acids is 2. The number of hydrogen-bond acceptors (Lipinski definition) is 7. The smallest absolute Gasteiger partial charge is 0.314 e. The monoisotopic (exact) mass is 361 g/mol. The average molecular weight is 361 g/mol. The van der Waals surface area contributed by atoms with Crippen LogP contribution in [0, 0.1) is 11.3 Å². The normalized spacial score (nSPS) is 16.1. The van der Waals surface area contributed by atoms with E-state index in [0.717, 1.165) is 4.88 Å². The first-order valence-electron chi connectivity index (χ1n) is 7.43. The van der Waals surface area contributed by atoms with Gasteiger partial charge in [0.1, 0.15) is 11.1 Å². The van der Waals surface area contributed by atoms with E-state index in [4.69, 9.17) is 4.74 Å². The molecule has 1 aliphatic heterocycles. The molecule has 1 aliphatic rings. The Kier molecular flexibility index (Phi) is 4.94. The first kappa shape index (κ1) is 16.6. The highest BCUT2D eigenvalue weighted by Gasteiger charge is 2.34. The van der Waals surface area contributed by atoms with E-state index in [1.54, 1.807) is 19.1 Å². The number of ether oxygens (including phenoxy) is 1. The van der Waals surface area contributed by atoms with Gasteiger partial charge in [-0.25, -0.2) is 0 Å². The highest BCUT2D eigenvalue weighted by Crippen LogP contribution is 2.40. The van der Waals surface area contributed by atoms with Crippen molar-refractivity contribution in [2.75, 3.05) is 18.5 Å². The zero-order valence-electron chi connectivity index (χ0n) is 12.9. The zero-order chi connectivity index (χ0) is 17.1. The van der Waals surface area contributed by atoms with Crippen LogP contribution in [0.15, 0.2) is 17.5 Å².